The third-order valence-electron chi connectivity index (χ3n) is 5.01. The molecule has 2 heterocycles. The first kappa shape index (κ1) is 22.9. The number of likely N-dealkylation sites (tertiary alicyclic amines) is 1. The van der Waals surface area contributed by atoms with Crippen molar-refractivity contribution in [1.29, 1.82) is 0 Å². The van der Waals surface area contributed by atoms with Gasteiger partial charge in [-0.25, -0.2) is 4.79 Å². The Hall–Kier alpha value is -2.75. The molecular formula is C21H26F3N3O4. The van der Waals surface area contributed by atoms with Gasteiger partial charge < -0.3 is 15.0 Å². The molecule has 2 amide bonds. The topological polar surface area (TPSA) is 79.9 Å². The standard InChI is InChI=1S/C21H26F3N3O4/c1-19(2,3)30-18(29)27-10-8-20(9-11-27)12-16(26-31-20)17(28)25-13-14-4-6-15(7-5-14)21(22,23)24/h4-7,12,26H,8-11,13H2,1-3H3,(H,25,28). The number of benzene rings is 1. The second-order valence-corrected chi connectivity index (χ2v) is 8.67. The Kier molecular flexibility index (Phi) is 6.22. The maximum Gasteiger partial charge on any atom is 0.416 e. The maximum atomic E-state index is 12.6. The van der Waals surface area contributed by atoms with Gasteiger partial charge in [0.05, 0.1) is 5.56 Å². The number of carbonyl (C=O) groups excluding carboxylic acids is 2. The van der Waals surface area contributed by atoms with Crippen molar-refractivity contribution in [2.24, 2.45) is 0 Å². The lowest BCUT2D eigenvalue weighted by Gasteiger charge is -2.37. The Morgan fingerprint density at radius 3 is 2.32 bits per heavy atom. The highest BCUT2D eigenvalue weighted by Gasteiger charge is 2.41. The van der Waals surface area contributed by atoms with Crippen molar-refractivity contribution in [2.75, 3.05) is 13.1 Å². The first-order valence-corrected chi connectivity index (χ1v) is 9.96. The van der Waals surface area contributed by atoms with Gasteiger partial charge in [-0.15, -0.1) is 0 Å². The molecule has 2 N–H and O–H groups in total. The maximum absolute atomic E-state index is 12.6. The van der Waals surface area contributed by atoms with Gasteiger partial charge >= 0.3 is 12.3 Å². The second kappa shape index (κ2) is 8.41. The third-order valence-corrected chi connectivity index (χ3v) is 5.01. The Morgan fingerprint density at radius 1 is 1.16 bits per heavy atom. The summed E-state index contributed by atoms with van der Waals surface area (Å²) in [6, 6.07) is 4.60. The minimum absolute atomic E-state index is 0.0788. The highest BCUT2D eigenvalue weighted by atomic mass is 19.4. The molecule has 1 aromatic carbocycles. The van der Waals surface area contributed by atoms with E-state index in [9.17, 15) is 22.8 Å². The summed E-state index contributed by atoms with van der Waals surface area (Å²) >= 11 is 0. The second-order valence-electron chi connectivity index (χ2n) is 8.67. The van der Waals surface area contributed by atoms with Gasteiger partial charge in [-0.1, -0.05) is 12.1 Å². The molecule has 7 nitrogen and oxygen atoms in total. The van der Waals surface area contributed by atoms with Crippen LogP contribution in [0.15, 0.2) is 36.0 Å². The monoisotopic (exact) mass is 441 g/mol. The lowest BCUT2D eigenvalue weighted by atomic mass is 9.91. The van der Waals surface area contributed by atoms with Crippen LogP contribution in [0.25, 0.3) is 0 Å². The summed E-state index contributed by atoms with van der Waals surface area (Å²) in [5.41, 5.74) is 1.40. The average Bonchev–Trinajstić information content (AvgIpc) is 3.08. The van der Waals surface area contributed by atoms with Crippen LogP contribution >= 0.6 is 0 Å². The van der Waals surface area contributed by atoms with Crippen molar-refractivity contribution in [1.82, 2.24) is 15.7 Å². The molecule has 1 fully saturated rings. The van der Waals surface area contributed by atoms with Crippen LogP contribution in [0, 0.1) is 0 Å². The number of halogens is 3. The van der Waals surface area contributed by atoms with Gasteiger partial charge in [-0.05, 0) is 44.5 Å². The fraction of sp³-hybridized carbons (Fsp3) is 0.524. The molecule has 3 rings (SSSR count). The first-order valence-electron chi connectivity index (χ1n) is 9.96. The van der Waals surface area contributed by atoms with Crippen LogP contribution in [0.1, 0.15) is 44.7 Å². The van der Waals surface area contributed by atoms with Crippen LogP contribution in [0.5, 0.6) is 0 Å². The largest absolute Gasteiger partial charge is 0.444 e. The van der Waals surface area contributed by atoms with Gasteiger partial charge in [0.1, 0.15) is 16.9 Å². The summed E-state index contributed by atoms with van der Waals surface area (Å²) in [4.78, 5) is 31.9. The van der Waals surface area contributed by atoms with E-state index in [2.05, 4.69) is 10.8 Å². The quantitative estimate of drug-likeness (QED) is 0.751. The molecule has 1 aromatic rings. The summed E-state index contributed by atoms with van der Waals surface area (Å²) in [5, 5.41) is 2.66. The van der Waals surface area contributed by atoms with E-state index < -0.39 is 28.8 Å². The molecule has 31 heavy (non-hydrogen) atoms. The molecule has 0 atom stereocenters. The van der Waals surface area contributed by atoms with Gasteiger partial charge in [-0.3, -0.25) is 15.1 Å². The Morgan fingerprint density at radius 2 is 1.77 bits per heavy atom. The van der Waals surface area contributed by atoms with Gasteiger partial charge in [0, 0.05) is 32.5 Å². The third kappa shape index (κ3) is 5.90. The molecule has 0 unspecified atom stereocenters. The zero-order valence-electron chi connectivity index (χ0n) is 17.6. The molecule has 10 heteroatoms. The van der Waals surface area contributed by atoms with Crippen molar-refractivity contribution < 1.29 is 32.3 Å². The number of hydrogen-bond donors (Lipinski definition) is 2. The van der Waals surface area contributed by atoms with E-state index in [-0.39, 0.29) is 18.3 Å². The van der Waals surface area contributed by atoms with E-state index in [1.807, 2.05) is 0 Å². The van der Waals surface area contributed by atoms with Gasteiger partial charge in [0.15, 0.2) is 0 Å². The predicted molar refractivity (Wildman–Crippen MR) is 105 cm³/mol. The number of hydroxylamine groups is 1. The van der Waals surface area contributed by atoms with Crippen molar-refractivity contribution >= 4 is 12.0 Å². The summed E-state index contributed by atoms with van der Waals surface area (Å²) in [6.45, 7) is 6.34. The number of ether oxygens (including phenoxy) is 1. The van der Waals surface area contributed by atoms with E-state index in [0.29, 0.717) is 31.5 Å². The number of piperidine rings is 1. The van der Waals surface area contributed by atoms with Gasteiger partial charge in [0.25, 0.3) is 5.91 Å². The zero-order valence-corrected chi connectivity index (χ0v) is 17.6. The summed E-state index contributed by atoms with van der Waals surface area (Å²) in [7, 11) is 0. The number of nitrogens with one attached hydrogen (secondary N) is 2. The number of alkyl halides is 3. The lowest BCUT2D eigenvalue weighted by Crippen LogP contribution is -2.48. The van der Waals surface area contributed by atoms with E-state index in [4.69, 9.17) is 9.57 Å². The van der Waals surface area contributed by atoms with Crippen molar-refractivity contribution in [3.63, 3.8) is 0 Å². The number of rotatable bonds is 3. The normalized spacial score (nSPS) is 18.4. The highest BCUT2D eigenvalue weighted by molar-refractivity contribution is 5.93. The molecule has 0 aromatic heterocycles. The molecule has 0 aliphatic carbocycles. The van der Waals surface area contributed by atoms with Crippen molar-refractivity contribution in [3.8, 4) is 0 Å². The van der Waals surface area contributed by atoms with Crippen LogP contribution in [-0.4, -0.2) is 41.2 Å². The first-order chi connectivity index (χ1) is 14.4. The number of carbonyl (C=O) groups is 2. The minimum atomic E-state index is -4.40. The molecule has 1 saturated heterocycles. The van der Waals surface area contributed by atoms with E-state index >= 15 is 0 Å². The molecule has 0 saturated carbocycles. The Bertz CT molecular complexity index is 852. The zero-order chi connectivity index (χ0) is 22.9. The average molecular weight is 441 g/mol. The number of amides is 2. The Labute approximate surface area is 178 Å². The fourth-order valence-corrected chi connectivity index (χ4v) is 3.32. The van der Waals surface area contributed by atoms with Gasteiger partial charge in [0.2, 0.25) is 0 Å². The summed E-state index contributed by atoms with van der Waals surface area (Å²) in [5.74, 6) is -0.425. The van der Waals surface area contributed by atoms with Crippen molar-refractivity contribution in [2.45, 2.75) is 57.5 Å². The molecule has 170 valence electrons. The number of hydrogen-bond acceptors (Lipinski definition) is 5. The van der Waals surface area contributed by atoms with E-state index in [1.54, 1.807) is 31.7 Å². The molecule has 2 aliphatic heterocycles. The summed E-state index contributed by atoms with van der Waals surface area (Å²) in [6.07, 6.45) is -2.09. The van der Waals surface area contributed by atoms with Crippen LogP contribution in [0.3, 0.4) is 0 Å². The van der Waals surface area contributed by atoms with Crippen LogP contribution < -0.4 is 10.8 Å². The smallest absolute Gasteiger partial charge is 0.416 e. The van der Waals surface area contributed by atoms with Crippen LogP contribution in [-0.2, 0) is 27.1 Å². The van der Waals surface area contributed by atoms with E-state index in [0.717, 1.165) is 12.1 Å². The molecular weight excluding hydrogens is 415 g/mol. The summed E-state index contributed by atoms with van der Waals surface area (Å²) < 4.78 is 43.3. The van der Waals surface area contributed by atoms with Crippen molar-refractivity contribution in [3.05, 3.63) is 47.2 Å². The van der Waals surface area contributed by atoms with Gasteiger partial charge in [-0.2, -0.15) is 13.2 Å². The van der Waals surface area contributed by atoms with Crippen LogP contribution in [0.4, 0.5) is 18.0 Å². The predicted octanol–water partition coefficient (Wildman–Crippen LogP) is 3.51. The highest BCUT2D eigenvalue weighted by Crippen LogP contribution is 2.32. The van der Waals surface area contributed by atoms with Crippen LogP contribution in [0.2, 0.25) is 0 Å². The molecule has 2 aliphatic rings. The van der Waals surface area contributed by atoms with E-state index in [1.165, 1.54) is 12.1 Å². The molecule has 0 bridgehead atoms. The Balaban J connectivity index is 1.52. The molecule has 1 spiro atoms. The SMILES string of the molecule is CC(C)(C)OC(=O)N1CCC2(C=C(C(=O)NCc3ccc(C(F)(F)F)cc3)NO2)CC1. The lowest BCUT2D eigenvalue weighted by molar-refractivity contribution is -0.137. The molecule has 0 radical (unpaired) electrons. The fourth-order valence-electron chi connectivity index (χ4n) is 3.32. The number of nitrogens with zero attached hydrogens (tertiary/aromatic N) is 1. The minimum Gasteiger partial charge on any atom is -0.444 e.